The van der Waals surface area contributed by atoms with Crippen LogP contribution in [0.15, 0.2) is 24.3 Å². The molecule has 1 fully saturated rings. The third-order valence-corrected chi connectivity index (χ3v) is 3.91. The highest BCUT2D eigenvalue weighted by atomic mass is 16.5. The van der Waals surface area contributed by atoms with Crippen LogP contribution in [0.4, 0.5) is 0 Å². The summed E-state index contributed by atoms with van der Waals surface area (Å²) in [6.07, 6.45) is 6.31. The van der Waals surface area contributed by atoms with Crippen LogP contribution < -0.4 is 10.1 Å². The smallest absolute Gasteiger partial charge is 0.119 e. The Morgan fingerprint density at radius 3 is 2.53 bits per heavy atom. The van der Waals surface area contributed by atoms with Gasteiger partial charge in [0.1, 0.15) is 5.75 Å². The first-order valence-corrected chi connectivity index (χ1v) is 7.73. The summed E-state index contributed by atoms with van der Waals surface area (Å²) >= 11 is 0. The fourth-order valence-corrected chi connectivity index (χ4v) is 2.58. The Hall–Kier alpha value is -1.02. The number of rotatable bonds is 8. The van der Waals surface area contributed by atoms with Gasteiger partial charge in [-0.25, -0.2) is 0 Å². The second-order valence-corrected chi connectivity index (χ2v) is 5.85. The summed E-state index contributed by atoms with van der Waals surface area (Å²) < 4.78 is 5.71. The zero-order valence-corrected chi connectivity index (χ0v) is 12.3. The van der Waals surface area contributed by atoms with Crippen molar-refractivity contribution in [3.05, 3.63) is 29.8 Å². The first kappa shape index (κ1) is 14.4. The molecule has 1 saturated carbocycles. The van der Waals surface area contributed by atoms with Crippen LogP contribution in [0.3, 0.4) is 0 Å². The van der Waals surface area contributed by atoms with Crippen molar-refractivity contribution < 1.29 is 4.74 Å². The number of nitrogens with one attached hydrogen (secondary N) is 1. The van der Waals surface area contributed by atoms with Gasteiger partial charge >= 0.3 is 0 Å². The molecule has 0 heterocycles. The number of hydrogen-bond donors (Lipinski definition) is 1. The Morgan fingerprint density at radius 2 is 1.89 bits per heavy atom. The van der Waals surface area contributed by atoms with Crippen molar-refractivity contribution in [3.63, 3.8) is 0 Å². The lowest BCUT2D eigenvalue weighted by atomic mass is 9.82. The van der Waals surface area contributed by atoms with Crippen molar-refractivity contribution in [2.75, 3.05) is 6.61 Å². The normalized spacial score (nSPS) is 22.0. The van der Waals surface area contributed by atoms with Crippen molar-refractivity contribution in [2.45, 2.75) is 58.5 Å². The molecule has 2 rings (SSSR count). The van der Waals surface area contributed by atoms with Gasteiger partial charge in [0, 0.05) is 12.6 Å². The van der Waals surface area contributed by atoms with Crippen molar-refractivity contribution in [2.24, 2.45) is 5.92 Å². The molecule has 2 nitrogen and oxygen atoms in total. The molecule has 1 aromatic carbocycles. The molecule has 0 bridgehead atoms. The fourth-order valence-electron chi connectivity index (χ4n) is 2.58. The van der Waals surface area contributed by atoms with Crippen LogP contribution in [0.1, 0.15) is 51.5 Å². The first-order valence-electron chi connectivity index (χ1n) is 7.73. The third kappa shape index (κ3) is 4.87. The summed E-state index contributed by atoms with van der Waals surface area (Å²) in [5, 5.41) is 3.60. The van der Waals surface area contributed by atoms with E-state index in [1.54, 1.807) is 0 Å². The summed E-state index contributed by atoms with van der Waals surface area (Å²) in [5.74, 6) is 1.91. The lowest BCUT2D eigenvalue weighted by Crippen LogP contribution is -2.39. The predicted octanol–water partition coefficient (Wildman–Crippen LogP) is 4.14. The average Bonchev–Trinajstić information content (AvgIpc) is 2.40. The second kappa shape index (κ2) is 7.54. The van der Waals surface area contributed by atoms with Gasteiger partial charge in [-0.1, -0.05) is 38.8 Å². The van der Waals surface area contributed by atoms with E-state index in [9.17, 15) is 0 Å². The molecular weight excluding hydrogens is 234 g/mol. The van der Waals surface area contributed by atoms with E-state index >= 15 is 0 Å². The Labute approximate surface area is 117 Å². The first-order chi connectivity index (χ1) is 9.28. The molecule has 1 aromatic rings. The molecule has 1 aliphatic rings. The van der Waals surface area contributed by atoms with E-state index in [2.05, 4.69) is 43.4 Å². The molecule has 0 atom stereocenters. The van der Waals surface area contributed by atoms with Gasteiger partial charge in [0.05, 0.1) is 6.61 Å². The lowest BCUT2D eigenvalue weighted by Gasteiger charge is -2.33. The molecule has 0 aromatic heterocycles. The molecule has 1 aliphatic carbocycles. The Bertz CT molecular complexity index is 354. The van der Waals surface area contributed by atoms with E-state index in [1.807, 2.05) is 0 Å². The monoisotopic (exact) mass is 261 g/mol. The van der Waals surface area contributed by atoms with Gasteiger partial charge in [-0.2, -0.15) is 0 Å². The SMILES string of the molecule is CCCCCOc1ccc(CNC2CC(C)C2)cc1. The molecule has 19 heavy (non-hydrogen) atoms. The van der Waals surface area contributed by atoms with Crippen molar-refractivity contribution in [3.8, 4) is 5.75 Å². The summed E-state index contributed by atoms with van der Waals surface area (Å²) in [4.78, 5) is 0. The van der Waals surface area contributed by atoms with E-state index in [-0.39, 0.29) is 0 Å². The average molecular weight is 261 g/mol. The molecule has 0 radical (unpaired) electrons. The highest BCUT2D eigenvalue weighted by Gasteiger charge is 2.24. The third-order valence-electron chi connectivity index (χ3n) is 3.91. The quantitative estimate of drug-likeness (QED) is 0.710. The minimum absolute atomic E-state index is 0.736. The van der Waals surface area contributed by atoms with Crippen LogP contribution in [0.25, 0.3) is 0 Å². The van der Waals surface area contributed by atoms with E-state index in [0.29, 0.717) is 0 Å². The van der Waals surface area contributed by atoms with Gasteiger partial charge in [-0.3, -0.25) is 0 Å². The topological polar surface area (TPSA) is 21.3 Å². The van der Waals surface area contributed by atoms with Crippen LogP contribution in [0.5, 0.6) is 5.75 Å². The highest BCUT2D eigenvalue weighted by Crippen LogP contribution is 2.26. The van der Waals surface area contributed by atoms with Crippen LogP contribution in [-0.4, -0.2) is 12.6 Å². The van der Waals surface area contributed by atoms with E-state index in [4.69, 9.17) is 4.74 Å². The maximum atomic E-state index is 5.71. The number of hydrogen-bond acceptors (Lipinski definition) is 2. The van der Waals surface area contributed by atoms with Gasteiger partial charge < -0.3 is 10.1 Å². The largest absolute Gasteiger partial charge is 0.494 e. The van der Waals surface area contributed by atoms with E-state index in [0.717, 1.165) is 37.3 Å². The summed E-state index contributed by atoms with van der Waals surface area (Å²) in [6, 6.07) is 9.26. The van der Waals surface area contributed by atoms with Crippen LogP contribution in [0, 0.1) is 5.92 Å². The summed E-state index contributed by atoms with van der Waals surface area (Å²) in [6.45, 7) is 6.35. The molecule has 0 unspecified atom stereocenters. The zero-order valence-electron chi connectivity index (χ0n) is 12.3. The second-order valence-electron chi connectivity index (χ2n) is 5.85. The maximum absolute atomic E-state index is 5.71. The summed E-state index contributed by atoms with van der Waals surface area (Å²) in [5.41, 5.74) is 1.35. The Balaban J connectivity index is 1.66. The zero-order chi connectivity index (χ0) is 13.5. The van der Waals surface area contributed by atoms with Gasteiger partial charge in [0.25, 0.3) is 0 Å². The molecular formula is C17H27NO. The van der Waals surface area contributed by atoms with Gasteiger partial charge in [-0.05, 0) is 42.9 Å². The van der Waals surface area contributed by atoms with E-state index in [1.165, 1.54) is 31.2 Å². The fraction of sp³-hybridized carbons (Fsp3) is 0.647. The molecule has 0 amide bonds. The lowest BCUT2D eigenvalue weighted by molar-refractivity contribution is 0.240. The standard InChI is InChI=1S/C17H27NO/c1-3-4-5-10-19-17-8-6-15(7-9-17)13-18-16-11-14(2)12-16/h6-9,14,16,18H,3-5,10-13H2,1-2H3. The minimum Gasteiger partial charge on any atom is -0.494 e. The van der Waals surface area contributed by atoms with Gasteiger partial charge in [-0.15, -0.1) is 0 Å². The van der Waals surface area contributed by atoms with Crippen molar-refractivity contribution >= 4 is 0 Å². The van der Waals surface area contributed by atoms with Gasteiger partial charge in [0.2, 0.25) is 0 Å². The molecule has 0 aliphatic heterocycles. The van der Waals surface area contributed by atoms with Crippen LogP contribution >= 0.6 is 0 Å². The van der Waals surface area contributed by atoms with Crippen LogP contribution in [-0.2, 0) is 6.54 Å². The number of benzene rings is 1. The molecule has 0 spiro atoms. The maximum Gasteiger partial charge on any atom is 0.119 e. The van der Waals surface area contributed by atoms with Crippen molar-refractivity contribution in [1.82, 2.24) is 5.32 Å². The highest BCUT2D eigenvalue weighted by molar-refractivity contribution is 5.27. The minimum atomic E-state index is 0.736. The molecule has 1 N–H and O–H groups in total. The number of unbranched alkanes of at least 4 members (excludes halogenated alkanes) is 2. The van der Waals surface area contributed by atoms with Crippen LogP contribution in [0.2, 0.25) is 0 Å². The molecule has 2 heteroatoms. The van der Waals surface area contributed by atoms with Crippen molar-refractivity contribution in [1.29, 1.82) is 0 Å². The predicted molar refractivity (Wildman–Crippen MR) is 80.5 cm³/mol. The Morgan fingerprint density at radius 1 is 1.16 bits per heavy atom. The Kier molecular flexibility index (Phi) is 5.71. The molecule has 0 saturated heterocycles. The molecule has 106 valence electrons. The van der Waals surface area contributed by atoms with Gasteiger partial charge in [0.15, 0.2) is 0 Å². The van der Waals surface area contributed by atoms with E-state index < -0.39 is 0 Å². The number of ether oxygens (including phenoxy) is 1. The summed E-state index contributed by atoms with van der Waals surface area (Å²) in [7, 11) is 0.